The van der Waals surface area contributed by atoms with Crippen molar-refractivity contribution in [2.75, 3.05) is 13.6 Å². The maximum atomic E-state index is 10.5. The number of amides is 1. The monoisotopic (exact) mass is 157 g/mol. The molecular weight excluding hydrogens is 148 g/mol. The van der Waals surface area contributed by atoms with Gasteiger partial charge < -0.3 is 15.7 Å². The van der Waals surface area contributed by atoms with Crippen molar-refractivity contribution >= 4 is 5.91 Å². The zero-order chi connectivity index (χ0) is 8.69. The molecule has 0 bridgehead atoms. The second-order valence-corrected chi connectivity index (χ2v) is 1.66. The molecule has 0 saturated heterocycles. The zero-order valence-corrected chi connectivity index (χ0v) is 6.03. The van der Waals surface area contributed by atoms with Gasteiger partial charge in [0.05, 0.1) is 6.54 Å². The molecular formula is C5H9N4O2+. The Morgan fingerprint density at radius 1 is 1.82 bits per heavy atom. The quantitative estimate of drug-likeness (QED) is 0.381. The Morgan fingerprint density at radius 3 is 2.91 bits per heavy atom. The molecule has 0 aliphatic carbocycles. The third-order valence-electron chi connectivity index (χ3n) is 0.889. The lowest BCUT2D eigenvalue weighted by Gasteiger charge is -1.98. The van der Waals surface area contributed by atoms with Gasteiger partial charge in [-0.25, -0.2) is 0 Å². The van der Waals surface area contributed by atoms with Gasteiger partial charge in [0.25, 0.3) is 5.88 Å². The van der Waals surface area contributed by atoms with Crippen molar-refractivity contribution in [3.63, 3.8) is 0 Å². The van der Waals surface area contributed by atoms with Crippen LogP contribution in [0.4, 0.5) is 0 Å². The van der Waals surface area contributed by atoms with Gasteiger partial charge in [0.1, 0.15) is 0 Å². The van der Waals surface area contributed by atoms with Crippen LogP contribution in [0.25, 0.3) is 4.98 Å². The lowest BCUT2D eigenvalue weighted by molar-refractivity contribution is -0.119. The summed E-state index contributed by atoms with van der Waals surface area (Å²) in [6, 6.07) is 0. The summed E-state index contributed by atoms with van der Waals surface area (Å²) in [5, 5.41) is 21.2. The van der Waals surface area contributed by atoms with Gasteiger partial charge in [-0.2, -0.15) is 0 Å². The fourth-order valence-electron chi connectivity index (χ4n) is 0.360. The van der Waals surface area contributed by atoms with E-state index in [1.165, 1.54) is 7.05 Å². The van der Waals surface area contributed by atoms with E-state index in [1.807, 2.05) is 0 Å². The average Bonchev–Trinajstić information content (AvgIpc) is 2.01. The first kappa shape index (κ1) is 9.23. The molecule has 0 heterocycles. The molecule has 0 fully saturated rings. The van der Waals surface area contributed by atoms with Crippen LogP contribution in [0.1, 0.15) is 0 Å². The van der Waals surface area contributed by atoms with Gasteiger partial charge in [0.2, 0.25) is 11.3 Å². The van der Waals surface area contributed by atoms with Crippen LogP contribution in [-0.4, -0.2) is 24.6 Å². The Balaban J connectivity index is 3.64. The van der Waals surface area contributed by atoms with Crippen LogP contribution >= 0.6 is 0 Å². The van der Waals surface area contributed by atoms with Crippen LogP contribution < -0.4 is 10.6 Å². The topological polar surface area (TPSA) is 89.5 Å². The molecule has 11 heavy (non-hydrogen) atoms. The number of hydrogen-bond donors (Lipinski definition) is 3. The van der Waals surface area contributed by atoms with Gasteiger partial charge in [0, 0.05) is 7.05 Å². The fourth-order valence-corrected chi connectivity index (χ4v) is 0.360. The molecule has 0 saturated carbocycles. The summed E-state index contributed by atoms with van der Waals surface area (Å²) in [5.74, 6) is -0.640. The summed E-state index contributed by atoms with van der Waals surface area (Å²) in [6.07, 6.45) is 0.781. The molecule has 6 nitrogen and oxygen atoms in total. The lowest BCUT2D eigenvalue weighted by atomic mass is 10.6. The summed E-state index contributed by atoms with van der Waals surface area (Å²) >= 11 is 0. The average molecular weight is 157 g/mol. The van der Waals surface area contributed by atoms with E-state index in [0.29, 0.717) is 0 Å². The standard InChI is InChI=1S/C5H8N4O2/c1-7-4(10)2-8-5(11)3-9-6/h3,8H,2H2,1H3,(H-,7,10,11)/p+1/b5-3+. The van der Waals surface area contributed by atoms with Crippen molar-refractivity contribution in [2.45, 2.75) is 0 Å². The first-order valence-corrected chi connectivity index (χ1v) is 2.88. The molecule has 0 aromatic rings. The third-order valence-corrected chi connectivity index (χ3v) is 0.889. The second-order valence-electron chi connectivity index (χ2n) is 1.66. The molecule has 0 aliphatic rings. The largest absolute Gasteiger partial charge is 0.490 e. The second kappa shape index (κ2) is 5.05. The van der Waals surface area contributed by atoms with E-state index in [9.17, 15) is 4.79 Å². The number of carbonyl (C=O) groups excluding carboxylic acids is 1. The Labute approximate surface area is 63.5 Å². The van der Waals surface area contributed by atoms with E-state index in [0.717, 1.165) is 6.20 Å². The summed E-state index contributed by atoms with van der Waals surface area (Å²) in [7, 11) is 1.47. The molecule has 3 N–H and O–H groups in total. The molecule has 6 heteroatoms. The SMILES string of the molecule is CNC(=O)CN/C(O)=C\[N+]#N. The molecule has 60 valence electrons. The third kappa shape index (κ3) is 4.72. The summed E-state index contributed by atoms with van der Waals surface area (Å²) < 4.78 is 0. The van der Waals surface area contributed by atoms with E-state index in [2.05, 4.69) is 15.6 Å². The van der Waals surface area contributed by atoms with E-state index in [1.54, 1.807) is 0 Å². The van der Waals surface area contributed by atoms with Crippen LogP contribution in [0, 0.1) is 5.39 Å². The van der Waals surface area contributed by atoms with Crippen molar-refractivity contribution in [1.29, 1.82) is 5.39 Å². The maximum absolute atomic E-state index is 10.5. The minimum Gasteiger partial charge on any atom is -0.490 e. The summed E-state index contributed by atoms with van der Waals surface area (Å²) in [4.78, 5) is 13.0. The number of diazo groups is 1. The van der Waals surface area contributed by atoms with Crippen LogP contribution in [-0.2, 0) is 4.79 Å². The van der Waals surface area contributed by atoms with Crippen LogP contribution in [0.2, 0.25) is 0 Å². The van der Waals surface area contributed by atoms with E-state index in [-0.39, 0.29) is 18.3 Å². The zero-order valence-electron chi connectivity index (χ0n) is 6.03. The Bertz CT molecular complexity index is 205. The van der Waals surface area contributed by atoms with Crippen LogP contribution in [0.15, 0.2) is 12.1 Å². The molecule has 0 aromatic heterocycles. The van der Waals surface area contributed by atoms with Gasteiger partial charge in [0.15, 0.2) is 4.98 Å². The molecule has 0 aliphatic heterocycles. The van der Waals surface area contributed by atoms with Gasteiger partial charge in [-0.3, -0.25) is 4.79 Å². The first-order valence-electron chi connectivity index (χ1n) is 2.88. The maximum Gasteiger partial charge on any atom is 0.409 e. The number of hydrogen-bond acceptors (Lipinski definition) is 4. The first-order chi connectivity index (χ1) is 5.20. The molecule has 1 amide bonds. The Hall–Kier alpha value is -1.77. The number of aliphatic hydroxyl groups excluding tert-OH is 1. The normalized spacial score (nSPS) is 10.0. The summed E-state index contributed by atoms with van der Waals surface area (Å²) in [5.41, 5.74) is 0. The van der Waals surface area contributed by atoms with Crippen LogP contribution in [0.3, 0.4) is 0 Å². The number of nitrogens with zero attached hydrogens (tertiary/aromatic N) is 2. The van der Waals surface area contributed by atoms with Gasteiger partial charge >= 0.3 is 6.20 Å². The van der Waals surface area contributed by atoms with Gasteiger partial charge in [-0.05, 0) is 0 Å². The Kier molecular flexibility index (Phi) is 4.24. The minimum atomic E-state index is -0.365. The predicted octanol–water partition coefficient (Wildman–Crippen LogP) is -0.468. The molecule has 0 radical (unpaired) electrons. The van der Waals surface area contributed by atoms with E-state index < -0.39 is 0 Å². The number of aliphatic hydroxyl groups is 1. The van der Waals surface area contributed by atoms with Gasteiger partial charge in [-0.1, -0.05) is 0 Å². The number of nitrogens with one attached hydrogen (secondary N) is 2. The van der Waals surface area contributed by atoms with E-state index in [4.69, 9.17) is 10.5 Å². The van der Waals surface area contributed by atoms with Crippen LogP contribution in [0.5, 0.6) is 0 Å². The molecule has 0 unspecified atom stereocenters. The van der Waals surface area contributed by atoms with Gasteiger partial charge in [-0.15, -0.1) is 0 Å². The molecule has 0 spiro atoms. The highest BCUT2D eigenvalue weighted by Gasteiger charge is 2.00. The van der Waals surface area contributed by atoms with Crippen molar-refractivity contribution in [2.24, 2.45) is 0 Å². The number of likely N-dealkylation sites (N-methyl/N-ethyl adjacent to an activating group) is 1. The predicted molar refractivity (Wildman–Crippen MR) is 37.9 cm³/mol. The highest BCUT2D eigenvalue weighted by molar-refractivity contribution is 5.77. The molecule has 0 aromatic carbocycles. The highest BCUT2D eigenvalue weighted by Crippen LogP contribution is 1.80. The highest BCUT2D eigenvalue weighted by atomic mass is 16.3. The Morgan fingerprint density at radius 2 is 2.45 bits per heavy atom. The fraction of sp³-hybridized carbons (Fsp3) is 0.400. The van der Waals surface area contributed by atoms with Crippen molar-refractivity contribution in [1.82, 2.24) is 10.6 Å². The molecule has 0 atom stereocenters. The van der Waals surface area contributed by atoms with Crippen molar-refractivity contribution < 1.29 is 9.90 Å². The van der Waals surface area contributed by atoms with Crippen molar-refractivity contribution in [3.8, 4) is 0 Å². The number of rotatable bonds is 3. The van der Waals surface area contributed by atoms with Crippen molar-refractivity contribution in [3.05, 3.63) is 17.1 Å². The lowest BCUT2D eigenvalue weighted by Crippen LogP contribution is -2.30. The smallest absolute Gasteiger partial charge is 0.409 e. The summed E-state index contributed by atoms with van der Waals surface area (Å²) in [6.45, 7) is -0.0612. The van der Waals surface area contributed by atoms with E-state index >= 15 is 0 Å². The molecule has 0 rings (SSSR count). The minimum absolute atomic E-state index is 0.0612. The number of carbonyl (C=O) groups is 1.